The SMILES string of the molecule is CC(=O)CN(CC(C)(C)C)C(C)=O. The van der Waals surface area contributed by atoms with Crippen molar-refractivity contribution in [2.24, 2.45) is 5.41 Å². The molecule has 0 aromatic carbocycles. The summed E-state index contributed by atoms with van der Waals surface area (Å²) in [7, 11) is 0. The molecule has 0 aliphatic heterocycles. The van der Waals surface area contributed by atoms with Crippen LogP contribution in [-0.4, -0.2) is 29.7 Å². The highest BCUT2D eigenvalue weighted by atomic mass is 16.2. The van der Waals surface area contributed by atoms with Crippen LogP contribution in [0.4, 0.5) is 0 Å². The van der Waals surface area contributed by atoms with Crippen molar-refractivity contribution in [1.82, 2.24) is 4.90 Å². The van der Waals surface area contributed by atoms with E-state index < -0.39 is 0 Å². The second kappa shape index (κ2) is 4.40. The molecule has 3 heteroatoms. The van der Waals surface area contributed by atoms with Gasteiger partial charge in [0.1, 0.15) is 5.78 Å². The summed E-state index contributed by atoms with van der Waals surface area (Å²) in [6.07, 6.45) is 0. The fraction of sp³-hybridized carbons (Fsp3) is 0.800. The standard InChI is InChI=1S/C10H19NO2/c1-8(12)6-11(9(2)13)7-10(3,4)5/h6-7H2,1-5H3. The highest BCUT2D eigenvalue weighted by Crippen LogP contribution is 2.14. The summed E-state index contributed by atoms with van der Waals surface area (Å²) in [6.45, 7) is 9.98. The molecule has 0 aliphatic rings. The van der Waals surface area contributed by atoms with Gasteiger partial charge in [0.15, 0.2) is 0 Å². The van der Waals surface area contributed by atoms with Crippen molar-refractivity contribution < 1.29 is 9.59 Å². The molecular formula is C10H19NO2. The summed E-state index contributed by atoms with van der Waals surface area (Å²) in [5.74, 6) is -0.00965. The zero-order chi connectivity index (χ0) is 10.6. The van der Waals surface area contributed by atoms with E-state index in [1.807, 2.05) is 20.8 Å². The van der Waals surface area contributed by atoms with Gasteiger partial charge in [-0.15, -0.1) is 0 Å². The minimum absolute atomic E-state index is 0.0273. The van der Waals surface area contributed by atoms with Gasteiger partial charge < -0.3 is 4.90 Å². The largest absolute Gasteiger partial charge is 0.335 e. The van der Waals surface area contributed by atoms with Crippen LogP contribution in [-0.2, 0) is 9.59 Å². The molecule has 13 heavy (non-hydrogen) atoms. The Bertz CT molecular complexity index is 203. The van der Waals surface area contributed by atoms with Crippen LogP contribution in [0.2, 0.25) is 0 Å². The summed E-state index contributed by atoms with van der Waals surface area (Å²) < 4.78 is 0. The molecule has 0 bridgehead atoms. The number of carbonyl (C=O) groups is 2. The molecule has 0 aliphatic carbocycles. The van der Waals surface area contributed by atoms with Gasteiger partial charge in [0, 0.05) is 13.5 Å². The Hall–Kier alpha value is -0.860. The predicted octanol–water partition coefficient (Wildman–Crippen LogP) is 1.47. The van der Waals surface area contributed by atoms with E-state index in [-0.39, 0.29) is 23.7 Å². The van der Waals surface area contributed by atoms with Gasteiger partial charge in [0.05, 0.1) is 6.54 Å². The first-order valence-corrected chi connectivity index (χ1v) is 4.47. The lowest BCUT2D eigenvalue weighted by atomic mass is 9.96. The fourth-order valence-corrected chi connectivity index (χ4v) is 1.12. The number of carbonyl (C=O) groups excluding carboxylic acids is 2. The van der Waals surface area contributed by atoms with Crippen LogP contribution in [0.15, 0.2) is 0 Å². The Balaban J connectivity index is 4.27. The lowest BCUT2D eigenvalue weighted by Gasteiger charge is -2.28. The molecule has 0 radical (unpaired) electrons. The molecule has 0 spiro atoms. The Morgan fingerprint density at radius 2 is 1.62 bits per heavy atom. The average Bonchev–Trinajstić information content (AvgIpc) is 1.81. The van der Waals surface area contributed by atoms with E-state index in [2.05, 4.69) is 0 Å². The van der Waals surface area contributed by atoms with Crippen molar-refractivity contribution in [3.8, 4) is 0 Å². The van der Waals surface area contributed by atoms with E-state index in [4.69, 9.17) is 0 Å². The molecule has 3 nitrogen and oxygen atoms in total. The van der Waals surface area contributed by atoms with Crippen molar-refractivity contribution in [1.29, 1.82) is 0 Å². The first-order valence-electron chi connectivity index (χ1n) is 4.47. The second-order valence-corrected chi connectivity index (χ2v) is 4.64. The van der Waals surface area contributed by atoms with Gasteiger partial charge in [-0.25, -0.2) is 0 Å². The topological polar surface area (TPSA) is 37.4 Å². The van der Waals surface area contributed by atoms with E-state index in [9.17, 15) is 9.59 Å². The molecule has 0 unspecified atom stereocenters. The number of nitrogens with zero attached hydrogens (tertiary/aromatic N) is 1. The summed E-state index contributed by atoms with van der Waals surface area (Å²) in [5.41, 5.74) is 0.0428. The number of amides is 1. The van der Waals surface area contributed by atoms with Crippen molar-refractivity contribution in [3.63, 3.8) is 0 Å². The van der Waals surface area contributed by atoms with E-state index in [0.29, 0.717) is 6.54 Å². The molecule has 0 aromatic heterocycles. The summed E-state index contributed by atoms with van der Waals surface area (Å²) in [4.78, 5) is 23.6. The number of ketones is 1. The maximum Gasteiger partial charge on any atom is 0.219 e. The van der Waals surface area contributed by atoms with E-state index in [0.717, 1.165) is 0 Å². The average molecular weight is 185 g/mol. The van der Waals surface area contributed by atoms with Crippen LogP contribution >= 0.6 is 0 Å². The lowest BCUT2D eigenvalue weighted by Crippen LogP contribution is -2.39. The maximum atomic E-state index is 11.1. The number of rotatable bonds is 3. The molecule has 0 saturated carbocycles. The molecule has 76 valence electrons. The first-order chi connectivity index (χ1) is 5.72. The van der Waals surface area contributed by atoms with Gasteiger partial charge in [-0.1, -0.05) is 20.8 Å². The van der Waals surface area contributed by atoms with Gasteiger partial charge in [0.25, 0.3) is 0 Å². The fourth-order valence-electron chi connectivity index (χ4n) is 1.12. The molecular weight excluding hydrogens is 166 g/mol. The lowest BCUT2D eigenvalue weighted by molar-refractivity contribution is -0.134. The van der Waals surface area contributed by atoms with Gasteiger partial charge in [-0.3, -0.25) is 9.59 Å². The Morgan fingerprint density at radius 1 is 1.15 bits per heavy atom. The summed E-state index contributed by atoms with van der Waals surface area (Å²) >= 11 is 0. The zero-order valence-electron chi connectivity index (χ0n) is 9.18. The first kappa shape index (κ1) is 12.1. The molecule has 0 fully saturated rings. The Kier molecular flexibility index (Phi) is 4.11. The molecule has 0 heterocycles. The van der Waals surface area contributed by atoms with Gasteiger partial charge in [-0.2, -0.15) is 0 Å². The molecule has 0 aromatic rings. The maximum absolute atomic E-state index is 11.1. The predicted molar refractivity (Wildman–Crippen MR) is 52.4 cm³/mol. The zero-order valence-corrected chi connectivity index (χ0v) is 9.18. The van der Waals surface area contributed by atoms with Crippen molar-refractivity contribution in [2.75, 3.05) is 13.1 Å². The Morgan fingerprint density at radius 3 is 1.85 bits per heavy atom. The third-order valence-corrected chi connectivity index (χ3v) is 1.52. The normalized spacial score (nSPS) is 11.2. The monoisotopic (exact) mass is 185 g/mol. The van der Waals surface area contributed by atoms with Gasteiger partial charge >= 0.3 is 0 Å². The molecule has 0 atom stereocenters. The minimum Gasteiger partial charge on any atom is -0.335 e. The summed E-state index contributed by atoms with van der Waals surface area (Å²) in [5, 5.41) is 0. The van der Waals surface area contributed by atoms with E-state index in [1.165, 1.54) is 13.8 Å². The third kappa shape index (κ3) is 6.31. The summed E-state index contributed by atoms with van der Waals surface area (Å²) in [6, 6.07) is 0. The van der Waals surface area contributed by atoms with E-state index in [1.54, 1.807) is 4.90 Å². The number of hydrogen-bond acceptors (Lipinski definition) is 2. The highest BCUT2D eigenvalue weighted by Gasteiger charge is 2.19. The number of Topliss-reactive ketones (excluding diaryl/α,β-unsaturated/α-hetero) is 1. The van der Waals surface area contributed by atoms with E-state index >= 15 is 0 Å². The van der Waals surface area contributed by atoms with Gasteiger partial charge in [0.2, 0.25) is 5.91 Å². The van der Waals surface area contributed by atoms with Crippen LogP contribution < -0.4 is 0 Å². The van der Waals surface area contributed by atoms with Crippen LogP contribution in [0.3, 0.4) is 0 Å². The van der Waals surface area contributed by atoms with Crippen LogP contribution in [0, 0.1) is 5.41 Å². The third-order valence-electron chi connectivity index (χ3n) is 1.52. The molecule has 0 saturated heterocycles. The smallest absolute Gasteiger partial charge is 0.219 e. The molecule has 0 rings (SSSR count). The second-order valence-electron chi connectivity index (χ2n) is 4.64. The van der Waals surface area contributed by atoms with Crippen LogP contribution in [0.1, 0.15) is 34.6 Å². The van der Waals surface area contributed by atoms with Crippen molar-refractivity contribution >= 4 is 11.7 Å². The van der Waals surface area contributed by atoms with Crippen molar-refractivity contribution in [3.05, 3.63) is 0 Å². The number of hydrogen-bond donors (Lipinski definition) is 0. The molecule has 0 N–H and O–H groups in total. The quantitative estimate of drug-likeness (QED) is 0.667. The Labute approximate surface area is 80.1 Å². The molecule has 1 amide bonds. The highest BCUT2D eigenvalue weighted by molar-refractivity contribution is 5.83. The van der Waals surface area contributed by atoms with Crippen molar-refractivity contribution in [2.45, 2.75) is 34.6 Å². The van der Waals surface area contributed by atoms with Crippen LogP contribution in [0.25, 0.3) is 0 Å². The van der Waals surface area contributed by atoms with Gasteiger partial charge in [-0.05, 0) is 12.3 Å². The minimum atomic E-state index is -0.0369. The van der Waals surface area contributed by atoms with Crippen LogP contribution in [0.5, 0.6) is 0 Å².